The van der Waals surface area contributed by atoms with Crippen LogP contribution >= 0.6 is 0 Å². The van der Waals surface area contributed by atoms with E-state index in [-0.39, 0.29) is 17.6 Å². The van der Waals surface area contributed by atoms with Gasteiger partial charge in [-0.2, -0.15) is 0 Å². The van der Waals surface area contributed by atoms with E-state index in [1.54, 1.807) is 24.5 Å². The first-order valence-electron chi connectivity index (χ1n) is 14.1. The lowest BCUT2D eigenvalue weighted by atomic mass is 9.91. The van der Waals surface area contributed by atoms with Crippen LogP contribution in [-0.4, -0.2) is 60.7 Å². The van der Waals surface area contributed by atoms with Crippen LogP contribution in [0, 0.1) is 11.7 Å². The quantitative estimate of drug-likeness (QED) is 0.370. The summed E-state index contributed by atoms with van der Waals surface area (Å²) >= 11 is 0. The van der Waals surface area contributed by atoms with Gasteiger partial charge < -0.3 is 25.1 Å². The van der Waals surface area contributed by atoms with Gasteiger partial charge in [-0.05, 0) is 57.4 Å². The first kappa shape index (κ1) is 26.4. The van der Waals surface area contributed by atoms with Gasteiger partial charge in [-0.3, -0.25) is 14.7 Å². The van der Waals surface area contributed by atoms with Crippen molar-refractivity contribution in [3.63, 3.8) is 0 Å². The minimum Gasteiger partial charge on any atom is -0.492 e. The number of para-hydroxylation sites is 1. The van der Waals surface area contributed by atoms with Crippen LogP contribution in [0.15, 0.2) is 48.3 Å². The summed E-state index contributed by atoms with van der Waals surface area (Å²) in [5.74, 6) is 0.594. The maximum atomic E-state index is 14.6. The van der Waals surface area contributed by atoms with Crippen molar-refractivity contribution in [2.24, 2.45) is 5.92 Å². The van der Waals surface area contributed by atoms with Crippen molar-refractivity contribution >= 4 is 17.3 Å². The number of H-pyrrole nitrogens is 1. The van der Waals surface area contributed by atoms with Crippen LogP contribution in [0.4, 0.5) is 15.8 Å². The van der Waals surface area contributed by atoms with Gasteiger partial charge in [0.25, 0.3) is 5.91 Å². The third kappa shape index (κ3) is 5.18. The van der Waals surface area contributed by atoms with Gasteiger partial charge in [0.05, 0.1) is 42.5 Å². The zero-order valence-electron chi connectivity index (χ0n) is 23.1. The fourth-order valence-corrected chi connectivity index (χ4v) is 6.14. The van der Waals surface area contributed by atoms with E-state index in [1.807, 2.05) is 6.07 Å². The van der Waals surface area contributed by atoms with E-state index < -0.39 is 5.82 Å². The molecule has 0 saturated carbocycles. The van der Waals surface area contributed by atoms with Crippen LogP contribution in [0.5, 0.6) is 11.5 Å². The molecule has 3 N–H and O–H groups in total. The molecule has 8 nitrogen and oxygen atoms in total. The Kier molecular flexibility index (Phi) is 7.47. The van der Waals surface area contributed by atoms with E-state index >= 15 is 0 Å². The topological polar surface area (TPSA) is 91.5 Å². The number of piperidine rings is 1. The lowest BCUT2D eigenvalue weighted by Crippen LogP contribution is -2.37. The number of amides is 1. The molecule has 210 valence electrons. The second-order valence-electron chi connectivity index (χ2n) is 11.1. The van der Waals surface area contributed by atoms with Gasteiger partial charge >= 0.3 is 0 Å². The molecule has 0 aliphatic carbocycles. The number of aromatic nitrogens is 2. The minimum absolute atomic E-state index is 0.0865. The molecule has 1 aromatic carbocycles. The molecule has 0 spiro atoms. The molecular weight excluding hydrogens is 509 g/mol. The highest BCUT2D eigenvalue weighted by Crippen LogP contribution is 2.44. The van der Waals surface area contributed by atoms with Gasteiger partial charge in [-0.15, -0.1) is 0 Å². The smallest absolute Gasteiger partial charge is 0.255 e. The highest BCUT2D eigenvalue weighted by Gasteiger charge is 2.34. The predicted molar refractivity (Wildman–Crippen MR) is 153 cm³/mol. The molecule has 3 unspecified atom stereocenters. The first-order chi connectivity index (χ1) is 19.5. The maximum absolute atomic E-state index is 14.6. The summed E-state index contributed by atoms with van der Waals surface area (Å²) in [4.78, 5) is 23.9. The number of carbonyl (C=O) groups excluding carboxylic acids is 1. The number of rotatable bonds is 3. The third-order valence-corrected chi connectivity index (χ3v) is 8.32. The average molecular weight is 546 g/mol. The number of hydrogen-bond acceptors (Lipinski definition) is 6. The molecule has 0 radical (unpaired) electrons. The molecule has 1 saturated heterocycles. The van der Waals surface area contributed by atoms with Gasteiger partial charge in [0.2, 0.25) is 0 Å². The molecule has 4 bridgehead atoms. The lowest BCUT2D eigenvalue weighted by Gasteiger charge is -2.32. The molecule has 9 heteroatoms. The summed E-state index contributed by atoms with van der Waals surface area (Å²) in [6, 6.07) is 6.61. The Morgan fingerprint density at radius 3 is 3.02 bits per heavy atom. The minimum atomic E-state index is -0.483. The monoisotopic (exact) mass is 545 g/mol. The number of benzene rings is 1. The number of ether oxygens (including phenoxy) is 2. The zero-order valence-corrected chi connectivity index (χ0v) is 23.1. The van der Waals surface area contributed by atoms with E-state index in [0.29, 0.717) is 47.5 Å². The molecule has 40 heavy (non-hydrogen) atoms. The largest absolute Gasteiger partial charge is 0.492 e. The Balaban J connectivity index is 1.49. The van der Waals surface area contributed by atoms with Crippen LogP contribution in [0.1, 0.15) is 54.6 Å². The summed E-state index contributed by atoms with van der Waals surface area (Å²) in [7, 11) is 1.43. The predicted octanol–water partition coefficient (Wildman–Crippen LogP) is 5.63. The molecule has 5 heterocycles. The average Bonchev–Trinajstić information content (AvgIpc) is 3.34. The number of halogens is 1. The number of allylic oxidation sites excluding steroid dienone is 1. The summed E-state index contributed by atoms with van der Waals surface area (Å²) in [5, 5.41) is 6.45. The van der Waals surface area contributed by atoms with E-state index in [2.05, 4.69) is 38.5 Å². The normalized spacial score (nSPS) is 24.1. The molecular formula is C31H36FN5O3. The van der Waals surface area contributed by atoms with Crippen molar-refractivity contribution in [2.45, 2.75) is 38.5 Å². The number of hydrogen-bond donors (Lipinski definition) is 3. The summed E-state index contributed by atoms with van der Waals surface area (Å²) in [5.41, 5.74) is 5.27. The van der Waals surface area contributed by atoms with Crippen molar-refractivity contribution in [1.29, 1.82) is 0 Å². The van der Waals surface area contributed by atoms with Crippen LogP contribution < -0.4 is 20.1 Å². The van der Waals surface area contributed by atoms with E-state index in [9.17, 15) is 9.18 Å². The third-order valence-electron chi connectivity index (χ3n) is 8.32. The molecule has 3 aliphatic rings. The molecule has 3 aromatic rings. The fourth-order valence-electron chi connectivity index (χ4n) is 6.14. The van der Waals surface area contributed by atoms with Crippen LogP contribution in [0.3, 0.4) is 0 Å². The molecule has 3 atom stereocenters. The number of aromatic amines is 1. The second kappa shape index (κ2) is 11.3. The molecule has 1 fully saturated rings. The SMILES string of the molecule is COc1c(F)cccc1Nc1c2[nH]c3c1C(=O)NCC3CC/C(C)=C\CN1CCCC(COc3cnccc3-2)C1. The summed E-state index contributed by atoms with van der Waals surface area (Å²) < 4.78 is 26.5. The molecule has 6 rings (SSSR count). The van der Waals surface area contributed by atoms with Gasteiger partial charge in [-0.1, -0.05) is 17.7 Å². The number of nitrogens with zero attached hydrogens (tertiary/aromatic N) is 2. The Morgan fingerprint density at radius 2 is 2.15 bits per heavy atom. The van der Waals surface area contributed by atoms with Crippen molar-refractivity contribution in [1.82, 2.24) is 20.2 Å². The molecule has 2 aromatic heterocycles. The Hall–Kier alpha value is -3.85. The van der Waals surface area contributed by atoms with E-state index in [1.165, 1.54) is 18.7 Å². The summed E-state index contributed by atoms with van der Waals surface area (Å²) in [6.45, 7) is 6.39. The number of methoxy groups -OCH3 is 1. The van der Waals surface area contributed by atoms with Crippen LogP contribution in [0.25, 0.3) is 11.3 Å². The standard InChI is InChI=1S/C31H36FN5O3/c1-19-8-9-21-15-34-31(38)26-27(21)36-28(29(26)35-24-7-3-6-23(32)30(24)39-2)22-10-12-33-16-25(22)40-18-20-5-4-13-37(17-20)14-11-19/h3,6-7,10-12,16,20-21,35-36H,4-5,8-9,13-15,17-18H2,1-2H3,(H,34,38)/b19-11-. The van der Waals surface area contributed by atoms with Crippen molar-refractivity contribution < 1.29 is 18.7 Å². The zero-order chi connectivity index (χ0) is 27.6. The van der Waals surface area contributed by atoms with E-state index in [4.69, 9.17) is 9.47 Å². The highest BCUT2D eigenvalue weighted by atomic mass is 19.1. The summed E-state index contributed by atoms with van der Waals surface area (Å²) in [6.07, 6.45) is 9.91. The van der Waals surface area contributed by atoms with Crippen molar-refractivity contribution in [3.05, 3.63) is 65.4 Å². The van der Waals surface area contributed by atoms with Gasteiger partial charge in [0.1, 0.15) is 5.75 Å². The lowest BCUT2D eigenvalue weighted by molar-refractivity contribution is 0.0940. The van der Waals surface area contributed by atoms with Crippen LogP contribution in [-0.2, 0) is 0 Å². The van der Waals surface area contributed by atoms with E-state index in [0.717, 1.165) is 56.6 Å². The highest BCUT2D eigenvalue weighted by molar-refractivity contribution is 6.07. The number of anilines is 2. The van der Waals surface area contributed by atoms with Gasteiger partial charge in [0, 0.05) is 48.9 Å². The maximum Gasteiger partial charge on any atom is 0.255 e. The van der Waals surface area contributed by atoms with Crippen molar-refractivity contribution in [2.75, 3.05) is 45.2 Å². The second-order valence-corrected chi connectivity index (χ2v) is 11.1. The molecule has 3 aliphatic heterocycles. The van der Waals surface area contributed by atoms with Crippen molar-refractivity contribution in [3.8, 4) is 22.8 Å². The number of pyridine rings is 1. The number of nitrogens with one attached hydrogen (secondary N) is 3. The van der Waals surface area contributed by atoms with Gasteiger partial charge in [0.15, 0.2) is 11.6 Å². The number of carbonyl (C=O) groups is 1. The van der Waals surface area contributed by atoms with Crippen LogP contribution in [0.2, 0.25) is 0 Å². The Bertz CT molecular complexity index is 1430. The Labute approximate surface area is 234 Å². The Morgan fingerprint density at radius 1 is 1.25 bits per heavy atom. The van der Waals surface area contributed by atoms with Gasteiger partial charge in [-0.25, -0.2) is 4.39 Å². The fraction of sp³-hybridized carbons (Fsp3) is 0.419. The number of fused-ring (bicyclic) bond motifs is 5. The first-order valence-corrected chi connectivity index (χ1v) is 14.1. The molecule has 1 amide bonds.